The molecule has 0 aliphatic rings. The van der Waals surface area contributed by atoms with Crippen LogP contribution in [0.1, 0.15) is 50.5 Å². The van der Waals surface area contributed by atoms with Crippen molar-refractivity contribution in [1.82, 2.24) is 24.9 Å². The SMILES string of the molecule is Cc1cnc2c(-c3cc(NC(C)(C)C)c(C(=O)NC[C@@H](F)C(C)(C)O)cn3)cnn2c1. The van der Waals surface area contributed by atoms with Crippen LogP contribution in [0.3, 0.4) is 0 Å². The van der Waals surface area contributed by atoms with Gasteiger partial charge in [-0.25, -0.2) is 13.9 Å². The van der Waals surface area contributed by atoms with Gasteiger partial charge in [-0.3, -0.25) is 9.78 Å². The van der Waals surface area contributed by atoms with Gasteiger partial charge in [0.25, 0.3) is 5.91 Å². The van der Waals surface area contributed by atoms with Crippen LogP contribution in [0.25, 0.3) is 16.9 Å². The Morgan fingerprint density at radius 1 is 1.19 bits per heavy atom. The van der Waals surface area contributed by atoms with Crippen molar-refractivity contribution >= 4 is 17.2 Å². The summed E-state index contributed by atoms with van der Waals surface area (Å²) in [7, 11) is 0. The maximum atomic E-state index is 14.1. The number of rotatable bonds is 6. The van der Waals surface area contributed by atoms with Gasteiger partial charge in [0.1, 0.15) is 6.17 Å². The summed E-state index contributed by atoms with van der Waals surface area (Å²) < 4.78 is 15.8. The van der Waals surface area contributed by atoms with Gasteiger partial charge in [0.15, 0.2) is 5.65 Å². The minimum atomic E-state index is -1.60. The van der Waals surface area contributed by atoms with Gasteiger partial charge in [-0.15, -0.1) is 0 Å². The number of aromatic nitrogens is 4. The number of anilines is 1. The third-order valence-electron chi connectivity index (χ3n) is 4.63. The Labute approximate surface area is 180 Å². The molecular formula is C22H29FN6O2. The minimum absolute atomic E-state index is 0.280. The number of aryl methyl sites for hydroxylation is 1. The van der Waals surface area contributed by atoms with Gasteiger partial charge in [0.2, 0.25) is 0 Å². The van der Waals surface area contributed by atoms with Crippen molar-refractivity contribution in [3.63, 3.8) is 0 Å². The lowest BCUT2D eigenvalue weighted by atomic mass is 10.0. The van der Waals surface area contributed by atoms with Crippen LogP contribution in [0.15, 0.2) is 30.9 Å². The van der Waals surface area contributed by atoms with Crippen LogP contribution in [0.4, 0.5) is 10.1 Å². The lowest BCUT2D eigenvalue weighted by molar-refractivity contribution is -0.00177. The van der Waals surface area contributed by atoms with Gasteiger partial charge in [-0.1, -0.05) is 0 Å². The molecule has 1 atom stereocenters. The first-order chi connectivity index (χ1) is 14.3. The molecule has 166 valence electrons. The molecule has 3 N–H and O–H groups in total. The van der Waals surface area contributed by atoms with E-state index in [4.69, 9.17) is 0 Å². The summed E-state index contributed by atoms with van der Waals surface area (Å²) in [5, 5.41) is 20.0. The summed E-state index contributed by atoms with van der Waals surface area (Å²) in [5.41, 5.74) is 1.93. The van der Waals surface area contributed by atoms with E-state index < -0.39 is 17.7 Å². The molecule has 1 amide bonds. The fourth-order valence-corrected chi connectivity index (χ4v) is 2.97. The van der Waals surface area contributed by atoms with E-state index in [0.717, 1.165) is 11.1 Å². The molecule has 8 nitrogen and oxygen atoms in total. The quantitative estimate of drug-likeness (QED) is 0.557. The number of amides is 1. The van der Waals surface area contributed by atoms with E-state index in [2.05, 4.69) is 25.7 Å². The van der Waals surface area contributed by atoms with Gasteiger partial charge in [0, 0.05) is 24.1 Å². The first-order valence-electron chi connectivity index (χ1n) is 10.1. The predicted octanol–water partition coefficient (Wildman–Crippen LogP) is 3.15. The number of pyridine rings is 1. The molecule has 3 heterocycles. The summed E-state index contributed by atoms with van der Waals surface area (Å²) in [6, 6.07) is 1.77. The van der Waals surface area contributed by atoms with Crippen molar-refractivity contribution in [1.29, 1.82) is 0 Å². The number of nitrogens with zero attached hydrogens (tertiary/aromatic N) is 4. The van der Waals surface area contributed by atoms with E-state index in [-0.39, 0.29) is 17.6 Å². The number of carbonyl (C=O) groups excluding carboxylic acids is 1. The molecule has 0 bridgehead atoms. The second-order valence-electron chi connectivity index (χ2n) is 9.28. The molecule has 0 aromatic carbocycles. The fourth-order valence-electron chi connectivity index (χ4n) is 2.97. The Bertz CT molecular complexity index is 1100. The van der Waals surface area contributed by atoms with Crippen molar-refractivity contribution in [2.75, 3.05) is 11.9 Å². The van der Waals surface area contributed by atoms with E-state index in [0.29, 0.717) is 17.0 Å². The van der Waals surface area contributed by atoms with Crippen LogP contribution in [-0.4, -0.2) is 54.5 Å². The predicted molar refractivity (Wildman–Crippen MR) is 118 cm³/mol. The lowest BCUT2D eigenvalue weighted by Gasteiger charge is -2.25. The van der Waals surface area contributed by atoms with Crippen molar-refractivity contribution in [2.45, 2.75) is 58.9 Å². The van der Waals surface area contributed by atoms with E-state index in [9.17, 15) is 14.3 Å². The monoisotopic (exact) mass is 428 g/mol. The number of alkyl halides is 1. The zero-order valence-electron chi connectivity index (χ0n) is 18.7. The normalized spacial score (nSPS) is 13.3. The van der Waals surface area contributed by atoms with Gasteiger partial charge >= 0.3 is 0 Å². The van der Waals surface area contributed by atoms with Crippen LogP contribution in [0, 0.1) is 6.92 Å². The molecule has 0 aliphatic carbocycles. The van der Waals surface area contributed by atoms with Crippen LogP contribution in [-0.2, 0) is 0 Å². The summed E-state index contributed by atoms with van der Waals surface area (Å²) in [4.78, 5) is 21.7. The number of fused-ring (bicyclic) bond motifs is 1. The van der Waals surface area contributed by atoms with Gasteiger partial charge in [-0.2, -0.15) is 5.10 Å². The van der Waals surface area contributed by atoms with E-state index >= 15 is 0 Å². The highest BCUT2D eigenvalue weighted by molar-refractivity contribution is 6.00. The highest BCUT2D eigenvalue weighted by Crippen LogP contribution is 2.28. The Kier molecular flexibility index (Phi) is 6.00. The lowest BCUT2D eigenvalue weighted by Crippen LogP contribution is -2.42. The Balaban J connectivity index is 1.96. The molecule has 3 rings (SSSR count). The zero-order chi connectivity index (χ0) is 23.0. The number of halogens is 1. The highest BCUT2D eigenvalue weighted by Gasteiger charge is 2.27. The topological polar surface area (TPSA) is 104 Å². The average Bonchev–Trinajstić information content (AvgIpc) is 3.06. The zero-order valence-corrected chi connectivity index (χ0v) is 18.7. The minimum Gasteiger partial charge on any atom is -0.387 e. The molecule has 0 saturated heterocycles. The van der Waals surface area contributed by atoms with Crippen LogP contribution >= 0.6 is 0 Å². The molecule has 0 spiro atoms. The maximum Gasteiger partial charge on any atom is 0.255 e. The number of aliphatic hydroxyl groups is 1. The summed E-state index contributed by atoms with van der Waals surface area (Å²) in [5.74, 6) is -0.480. The van der Waals surface area contributed by atoms with E-state index in [1.54, 1.807) is 23.0 Å². The Morgan fingerprint density at radius 3 is 2.55 bits per heavy atom. The van der Waals surface area contributed by atoms with Gasteiger partial charge < -0.3 is 15.7 Å². The third-order valence-corrected chi connectivity index (χ3v) is 4.63. The summed E-state index contributed by atoms with van der Waals surface area (Å²) in [6.07, 6.45) is 5.16. The van der Waals surface area contributed by atoms with Crippen molar-refractivity contribution in [3.8, 4) is 11.3 Å². The molecule has 0 aliphatic heterocycles. The number of hydrogen-bond acceptors (Lipinski definition) is 6. The molecule has 0 saturated carbocycles. The Morgan fingerprint density at radius 2 is 1.90 bits per heavy atom. The van der Waals surface area contributed by atoms with Crippen molar-refractivity contribution in [2.24, 2.45) is 0 Å². The third kappa shape index (κ3) is 5.35. The van der Waals surface area contributed by atoms with Gasteiger partial charge in [0.05, 0.1) is 40.9 Å². The molecule has 31 heavy (non-hydrogen) atoms. The molecule has 0 fully saturated rings. The fraction of sp³-hybridized carbons (Fsp3) is 0.455. The first-order valence-corrected chi connectivity index (χ1v) is 10.1. The van der Waals surface area contributed by atoms with Crippen LogP contribution in [0.2, 0.25) is 0 Å². The van der Waals surface area contributed by atoms with Gasteiger partial charge in [-0.05, 0) is 53.2 Å². The second-order valence-corrected chi connectivity index (χ2v) is 9.28. The standard InChI is InChI=1S/C22H29FN6O2/c1-13-8-25-19-14(10-27-29(19)12-13)16-7-17(28-21(2,3)4)15(9-24-16)20(30)26-11-18(23)22(5,6)31/h7-10,12,18,31H,11H2,1-6H3,(H,24,28)(H,26,30)/t18-/m1/s1. The number of nitrogens with one attached hydrogen (secondary N) is 2. The largest absolute Gasteiger partial charge is 0.387 e. The molecule has 0 unspecified atom stereocenters. The van der Waals surface area contributed by atoms with Crippen LogP contribution in [0.5, 0.6) is 0 Å². The molecule has 3 aromatic heterocycles. The van der Waals surface area contributed by atoms with Crippen molar-refractivity contribution < 1.29 is 14.3 Å². The molecule has 0 radical (unpaired) electrons. The second kappa shape index (κ2) is 8.22. The first kappa shape index (κ1) is 22.6. The Hall–Kier alpha value is -3.07. The maximum absolute atomic E-state index is 14.1. The highest BCUT2D eigenvalue weighted by atomic mass is 19.1. The number of hydrogen-bond donors (Lipinski definition) is 3. The number of carbonyl (C=O) groups is 1. The smallest absolute Gasteiger partial charge is 0.255 e. The van der Waals surface area contributed by atoms with Crippen LogP contribution < -0.4 is 10.6 Å². The average molecular weight is 429 g/mol. The molecular weight excluding hydrogens is 399 g/mol. The van der Waals surface area contributed by atoms with E-state index in [1.165, 1.54) is 20.0 Å². The van der Waals surface area contributed by atoms with Crippen molar-refractivity contribution in [3.05, 3.63) is 42.0 Å². The molecule has 3 aromatic rings. The van der Waals surface area contributed by atoms with E-state index in [1.807, 2.05) is 33.9 Å². The molecule has 9 heteroatoms. The summed E-state index contributed by atoms with van der Waals surface area (Å²) >= 11 is 0. The summed E-state index contributed by atoms with van der Waals surface area (Å²) in [6.45, 7) is 10.3.